The lowest BCUT2D eigenvalue weighted by atomic mass is 9.72. The Morgan fingerprint density at radius 3 is 2.55 bits per heavy atom. The van der Waals surface area contributed by atoms with Crippen molar-refractivity contribution in [1.82, 2.24) is 19.9 Å². The number of fused-ring (bicyclic) bond motifs is 6. The van der Waals surface area contributed by atoms with Gasteiger partial charge in [0.2, 0.25) is 0 Å². The number of nitrogens with zero attached hydrogens (tertiary/aromatic N) is 3. The number of nitrogens with one attached hydrogen (secondary N) is 1. The molecule has 0 fully saturated rings. The quantitative estimate of drug-likeness (QED) is 0.467. The van der Waals surface area contributed by atoms with Crippen molar-refractivity contribution >= 4 is 22.7 Å². The summed E-state index contributed by atoms with van der Waals surface area (Å²) in [5.74, 6) is 0.487. The highest BCUT2D eigenvalue weighted by Gasteiger charge is 2.34. The van der Waals surface area contributed by atoms with E-state index in [-0.39, 0.29) is 17.6 Å². The molecule has 0 saturated heterocycles. The minimum atomic E-state index is -0.0590. The van der Waals surface area contributed by atoms with E-state index in [4.69, 9.17) is 0 Å². The van der Waals surface area contributed by atoms with Crippen LogP contribution in [0.2, 0.25) is 0 Å². The normalized spacial score (nSPS) is 19.2. The van der Waals surface area contributed by atoms with Gasteiger partial charge in [0.05, 0.1) is 12.5 Å². The van der Waals surface area contributed by atoms with Crippen LogP contribution in [0, 0.1) is 5.92 Å². The van der Waals surface area contributed by atoms with Gasteiger partial charge in [-0.1, -0.05) is 50.2 Å². The Morgan fingerprint density at radius 2 is 1.74 bits per heavy atom. The van der Waals surface area contributed by atoms with Crippen molar-refractivity contribution in [3.8, 4) is 11.1 Å². The van der Waals surface area contributed by atoms with Gasteiger partial charge in [0.1, 0.15) is 17.6 Å². The first kappa shape index (κ1) is 19.3. The molecule has 6 heteroatoms. The summed E-state index contributed by atoms with van der Waals surface area (Å²) in [5.41, 5.74) is 8.11. The van der Waals surface area contributed by atoms with E-state index in [1.165, 1.54) is 17.5 Å². The molecule has 2 aromatic carbocycles. The lowest BCUT2D eigenvalue weighted by molar-refractivity contribution is -0.124. The molecule has 2 aliphatic rings. The fourth-order valence-electron chi connectivity index (χ4n) is 4.71. The van der Waals surface area contributed by atoms with Crippen molar-refractivity contribution in [2.75, 3.05) is 0 Å². The molecule has 2 atom stereocenters. The Balaban J connectivity index is 0.000000189. The molecule has 31 heavy (non-hydrogen) atoms. The zero-order valence-corrected chi connectivity index (χ0v) is 17.4. The second-order valence-corrected chi connectivity index (χ2v) is 8.20. The molecule has 2 aromatic heterocycles. The lowest BCUT2D eigenvalue weighted by Crippen LogP contribution is -2.28. The topological polar surface area (TPSA) is 88.6 Å². The summed E-state index contributed by atoms with van der Waals surface area (Å²) in [6, 6.07) is 12.0. The van der Waals surface area contributed by atoms with E-state index in [0.717, 1.165) is 34.2 Å². The molecule has 6 rings (SSSR count). The van der Waals surface area contributed by atoms with Gasteiger partial charge in [-0.25, -0.2) is 15.0 Å². The molecule has 0 amide bonds. The second kappa shape index (κ2) is 7.54. The first-order valence-electron chi connectivity index (χ1n) is 10.4. The third-order valence-electron chi connectivity index (χ3n) is 6.31. The monoisotopic (exact) mass is 410 g/mol. The molecular formula is C25H22N4O2. The molecule has 0 bridgehead atoms. The molecule has 0 spiro atoms. The average molecular weight is 410 g/mol. The van der Waals surface area contributed by atoms with Gasteiger partial charge in [0, 0.05) is 23.8 Å². The number of aromatic amines is 1. The summed E-state index contributed by atoms with van der Waals surface area (Å²) >= 11 is 0. The fraction of sp³-hybridized carbons (Fsp3) is 0.240. The van der Waals surface area contributed by atoms with Gasteiger partial charge >= 0.3 is 0 Å². The maximum Gasteiger partial charge on any atom is 0.180 e. The van der Waals surface area contributed by atoms with Crippen LogP contribution < -0.4 is 0 Å². The number of H-pyrrole nitrogens is 1. The maximum atomic E-state index is 12.5. The molecule has 2 unspecified atom stereocenters. The molecular weight excluding hydrogens is 388 g/mol. The third kappa shape index (κ3) is 3.24. The van der Waals surface area contributed by atoms with E-state index in [1.54, 1.807) is 12.5 Å². The Morgan fingerprint density at radius 1 is 0.935 bits per heavy atom. The minimum absolute atomic E-state index is 0.0428. The summed E-state index contributed by atoms with van der Waals surface area (Å²) in [5, 5.41) is 0. The van der Waals surface area contributed by atoms with Crippen LogP contribution in [0.3, 0.4) is 0 Å². The van der Waals surface area contributed by atoms with Gasteiger partial charge < -0.3 is 4.98 Å². The number of carbonyl (C=O) groups excluding carboxylic acids is 2. The Kier molecular flexibility index (Phi) is 4.70. The summed E-state index contributed by atoms with van der Waals surface area (Å²) in [6.45, 7) is 3.99. The Hall–Kier alpha value is -3.67. The smallest absolute Gasteiger partial charge is 0.180 e. The van der Waals surface area contributed by atoms with Crippen molar-refractivity contribution in [3.63, 3.8) is 0 Å². The van der Waals surface area contributed by atoms with Crippen molar-refractivity contribution in [2.24, 2.45) is 5.92 Å². The van der Waals surface area contributed by atoms with Crippen LogP contribution in [0.1, 0.15) is 46.8 Å². The van der Waals surface area contributed by atoms with Crippen LogP contribution in [0.5, 0.6) is 0 Å². The number of hydrogen-bond donors (Lipinski definition) is 1. The molecule has 2 aliphatic carbocycles. The number of imidazole rings is 1. The van der Waals surface area contributed by atoms with Gasteiger partial charge in [0.25, 0.3) is 0 Å². The number of aromatic nitrogens is 4. The molecule has 1 N–H and O–H groups in total. The summed E-state index contributed by atoms with van der Waals surface area (Å²) in [6.07, 6.45) is 5.98. The minimum Gasteiger partial charge on any atom is -0.342 e. The lowest BCUT2D eigenvalue weighted by Gasteiger charge is -2.31. The van der Waals surface area contributed by atoms with Crippen LogP contribution in [0.15, 0.2) is 55.2 Å². The first-order valence-corrected chi connectivity index (χ1v) is 10.4. The van der Waals surface area contributed by atoms with E-state index in [0.29, 0.717) is 17.9 Å². The van der Waals surface area contributed by atoms with Crippen molar-refractivity contribution < 1.29 is 9.59 Å². The van der Waals surface area contributed by atoms with Gasteiger partial charge in [-0.2, -0.15) is 0 Å². The molecule has 2 heterocycles. The first-order chi connectivity index (χ1) is 15.0. The van der Waals surface area contributed by atoms with Crippen LogP contribution in [-0.4, -0.2) is 31.5 Å². The number of ketones is 2. The highest BCUT2D eigenvalue weighted by atomic mass is 16.1. The largest absolute Gasteiger partial charge is 0.342 e. The zero-order chi connectivity index (χ0) is 21.5. The summed E-state index contributed by atoms with van der Waals surface area (Å²) in [4.78, 5) is 39.2. The molecule has 6 nitrogen and oxygen atoms in total. The van der Waals surface area contributed by atoms with Gasteiger partial charge in [0.15, 0.2) is 11.4 Å². The Bertz CT molecular complexity index is 1290. The molecule has 0 saturated carbocycles. The van der Waals surface area contributed by atoms with Crippen molar-refractivity contribution in [1.29, 1.82) is 0 Å². The number of carbonyl (C=O) groups is 2. The fourth-order valence-corrected chi connectivity index (χ4v) is 4.71. The SMILES string of the molecule is CC1Cc2c(ccc3c2CC(=O)c2ccccc2-3)C(C)C1=O.c1ncc2[nH]cnc2n1. The van der Waals surface area contributed by atoms with Crippen LogP contribution in [0.25, 0.3) is 22.3 Å². The van der Waals surface area contributed by atoms with Gasteiger partial charge in [-0.15, -0.1) is 0 Å². The zero-order valence-electron chi connectivity index (χ0n) is 17.4. The molecule has 4 aromatic rings. The van der Waals surface area contributed by atoms with E-state index in [9.17, 15) is 9.59 Å². The Labute approximate surface area is 179 Å². The average Bonchev–Trinajstić information content (AvgIpc) is 3.27. The highest BCUT2D eigenvalue weighted by Crippen LogP contribution is 2.41. The standard InChI is InChI=1S/C20H18O2.C5H4N4/c1-11-9-17-13(12(2)20(11)22)7-8-15-14-5-3-4-6-16(14)19(21)10-18(15)17;1-4-5(8-2-6-1)9-3-7-4/h3-8,11-12H,9-10H2,1-2H3;1-3H,(H,6,7,8,9). The summed E-state index contributed by atoms with van der Waals surface area (Å²) < 4.78 is 0. The third-order valence-corrected chi connectivity index (χ3v) is 6.31. The van der Waals surface area contributed by atoms with Gasteiger partial charge in [-0.3, -0.25) is 9.59 Å². The predicted octanol–water partition coefficient (Wildman–Crippen LogP) is 4.31. The number of rotatable bonds is 0. The molecule has 154 valence electrons. The van der Waals surface area contributed by atoms with Crippen molar-refractivity contribution in [3.05, 3.63) is 77.5 Å². The van der Waals surface area contributed by atoms with Gasteiger partial charge in [-0.05, 0) is 34.2 Å². The predicted molar refractivity (Wildman–Crippen MR) is 118 cm³/mol. The van der Waals surface area contributed by atoms with E-state index in [1.807, 2.05) is 38.1 Å². The molecule has 0 radical (unpaired) electrons. The molecule has 0 aliphatic heterocycles. The second-order valence-electron chi connectivity index (χ2n) is 8.20. The maximum absolute atomic E-state index is 12.5. The van der Waals surface area contributed by atoms with E-state index >= 15 is 0 Å². The van der Waals surface area contributed by atoms with E-state index in [2.05, 4.69) is 32.1 Å². The number of hydrogen-bond acceptors (Lipinski definition) is 5. The number of Topliss-reactive ketones (excluding diaryl/α,β-unsaturated/α-hetero) is 2. The van der Waals surface area contributed by atoms with Crippen molar-refractivity contribution in [2.45, 2.75) is 32.6 Å². The summed E-state index contributed by atoms with van der Waals surface area (Å²) in [7, 11) is 0. The van der Waals surface area contributed by atoms with Crippen LogP contribution in [-0.2, 0) is 17.6 Å². The van der Waals surface area contributed by atoms with E-state index < -0.39 is 0 Å². The van der Waals surface area contributed by atoms with Crippen LogP contribution in [0.4, 0.5) is 0 Å². The number of benzene rings is 2. The van der Waals surface area contributed by atoms with Crippen LogP contribution >= 0.6 is 0 Å². The highest BCUT2D eigenvalue weighted by molar-refractivity contribution is 6.08.